The van der Waals surface area contributed by atoms with Gasteiger partial charge in [0.25, 0.3) is 0 Å². The average molecular weight is 313 g/mol. The summed E-state index contributed by atoms with van der Waals surface area (Å²) in [7, 11) is 0. The zero-order chi connectivity index (χ0) is 16.5. The van der Waals surface area contributed by atoms with Gasteiger partial charge in [-0.15, -0.1) is 0 Å². The maximum atomic E-state index is 11.8. The molecule has 0 bridgehead atoms. The molecule has 1 aromatic heterocycles. The van der Waals surface area contributed by atoms with Crippen LogP contribution in [0.2, 0.25) is 0 Å². The van der Waals surface area contributed by atoms with Crippen LogP contribution < -0.4 is 10.7 Å². The number of carbonyl (C=O) groups excluding carboxylic acids is 2. The molecular formula is C17H19N3O3. The first-order valence-corrected chi connectivity index (χ1v) is 7.33. The van der Waals surface area contributed by atoms with Gasteiger partial charge in [0.05, 0.1) is 12.7 Å². The first-order valence-electron chi connectivity index (χ1n) is 7.33. The molecule has 0 unspecified atom stereocenters. The molecule has 2 rings (SSSR count). The van der Waals surface area contributed by atoms with Crippen LogP contribution >= 0.6 is 0 Å². The van der Waals surface area contributed by atoms with Crippen molar-refractivity contribution in [2.24, 2.45) is 5.10 Å². The van der Waals surface area contributed by atoms with Crippen molar-refractivity contribution >= 4 is 17.5 Å². The summed E-state index contributed by atoms with van der Waals surface area (Å²) in [5, 5.41) is 6.71. The summed E-state index contributed by atoms with van der Waals surface area (Å²) in [4.78, 5) is 23.4. The van der Waals surface area contributed by atoms with E-state index in [0.717, 1.165) is 6.42 Å². The summed E-state index contributed by atoms with van der Waals surface area (Å²) in [5.74, 6) is -0.401. The average Bonchev–Trinajstić information content (AvgIpc) is 3.08. The fraction of sp³-hybridized carbons (Fsp3) is 0.235. The van der Waals surface area contributed by atoms with Crippen LogP contribution in [-0.2, 0) is 11.2 Å². The number of furan rings is 1. The molecule has 0 atom stereocenters. The Morgan fingerprint density at radius 1 is 1.13 bits per heavy atom. The van der Waals surface area contributed by atoms with E-state index in [1.165, 1.54) is 17.9 Å². The summed E-state index contributed by atoms with van der Waals surface area (Å²) in [6, 6.07) is 13.1. The lowest BCUT2D eigenvalue weighted by molar-refractivity contribution is -0.119. The number of hydrogen-bond donors (Lipinski definition) is 2. The van der Waals surface area contributed by atoms with Crippen LogP contribution in [0.25, 0.3) is 0 Å². The fourth-order valence-electron chi connectivity index (χ4n) is 1.93. The van der Waals surface area contributed by atoms with E-state index < -0.39 is 5.91 Å². The summed E-state index contributed by atoms with van der Waals surface area (Å²) >= 11 is 0. The molecule has 0 fully saturated rings. The standard InChI is InChI=1S/C17H19N3O3/c1-13(19-20-17(22)15-8-5-11-23-15)12-16(21)18-10-9-14-6-3-2-4-7-14/h2-8,11H,9-10,12H2,1H3,(H,18,21)(H,20,22). The van der Waals surface area contributed by atoms with Crippen LogP contribution in [0, 0.1) is 0 Å². The zero-order valence-electron chi connectivity index (χ0n) is 12.9. The van der Waals surface area contributed by atoms with Gasteiger partial charge in [-0.2, -0.15) is 5.10 Å². The Hall–Kier alpha value is -2.89. The van der Waals surface area contributed by atoms with E-state index >= 15 is 0 Å². The van der Waals surface area contributed by atoms with Crippen molar-refractivity contribution in [1.29, 1.82) is 0 Å². The molecule has 120 valence electrons. The van der Waals surface area contributed by atoms with E-state index in [1.54, 1.807) is 13.0 Å². The van der Waals surface area contributed by atoms with Crippen LogP contribution in [0.5, 0.6) is 0 Å². The minimum Gasteiger partial charge on any atom is -0.459 e. The van der Waals surface area contributed by atoms with E-state index in [4.69, 9.17) is 4.42 Å². The minimum atomic E-state index is -0.446. The van der Waals surface area contributed by atoms with Crippen LogP contribution in [0.1, 0.15) is 29.5 Å². The van der Waals surface area contributed by atoms with Crippen LogP contribution in [0.4, 0.5) is 0 Å². The molecule has 2 N–H and O–H groups in total. The van der Waals surface area contributed by atoms with E-state index in [0.29, 0.717) is 12.3 Å². The highest BCUT2D eigenvalue weighted by Gasteiger charge is 2.08. The van der Waals surface area contributed by atoms with E-state index in [9.17, 15) is 9.59 Å². The predicted molar refractivity (Wildman–Crippen MR) is 87.1 cm³/mol. The Morgan fingerprint density at radius 2 is 1.91 bits per heavy atom. The molecule has 0 aliphatic rings. The number of carbonyl (C=O) groups is 2. The Morgan fingerprint density at radius 3 is 2.61 bits per heavy atom. The van der Waals surface area contributed by atoms with Gasteiger partial charge in [0.1, 0.15) is 0 Å². The molecule has 23 heavy (non-hydrogen) atoms. The summed E-state index contributed by atoms with van der Waals surface area (Å²) < 4.78 is 4.94. The normalized spacial score (nSPS) is 11.1. The first kappa shape index (κ1) is 16.5. The van der Waals surface area contributed by atoms with Gasteiger partial charge in [0.15, 0.2) is 5.76 Å². The molecule has 0 aliphatic carbocycles. The lowest BCUT2D eigenvalue weighted by Crippen LogP contribution is -2.28. The lowest BCUT2D eigenvalue weighted by atomic mass is 10.1. The Balaban J connectivity index is 1.69. The van der Waals surface area contributed by atoms with Crippen LogP contribution in [-0.4, -0.2) is 24.1 Å². The van der Waals surface area contributed by atoms with Gasteiger partial charge in [-0.3, -0.25) is 9.59 Å². The molecular weight excluding hydrogens is 294 g/mol. The summed E-state index contributed by atoms with van der Waals surface area (Å²) in [6.45, 7) is 2.24. The second-order valence-electron chi connectivity index (χ2n) is 5.03. The van der Waals surface area contributed by atoms with Crippen molar-refractivity contribution in [3.8, 4) is 0 Å². The molecule has 1 aromatic carbocycles. The van der Waals surface area contributed by atoms with E-state index in [2.05, 4.69) is 15.8 Å². The third-order valence-electron chi connectivity index (χ3n) is 3.09. The van der Waals surface area contributed by atoms with Crippen LogP contribution in [0.15, 0.2) is 58.2 Å². The van der Waals surface area contributed by atoms with Gasteiger partial charge in [-0.1, -0.05) is 30.3 Å². The first-order chi connectivity index (χ1) is 11.1. The highest BCUT2D eigenvalue weighted by atomic mass is 16.3. The Labute approximate surface area is 134 Å². The minimum absolute atomic E-state index is 0.130. The van der Waals surface area contributed by atoms with Crippen molar-refractivity contribution in [1.82, 2.24) is 10.7 Å². The lowest BCUT2D eigenvalue weighted by Gasteiger charge is -2.05. The van der Waals surface area contributed by atoms with Gasteiger partial charge in [-0.25, -0.2) is 5.43 Å². The molecule has 0 saturated carbocycles. The molecule has 2 amide bonds. The largest absolute Gasteiger partial charge is 0.459 e. The van der Waals surface area contributed by atoms with Gasteiger partial charge < -0.3 is 9.73 Å². The smallest absolute Gasteiger partial charge is 0.307 e. The van der Waals surface area contributed by atoms with E-state index in [1.807, 2.05) is 30.3 Å². The van der Waals surface area contributed by atoms with Crippen molar-refractivity contribution in [2.45, 2.75) is 19.8 Å². The maximum Gasteiger partial charge on any atom is 0.307 e. The molecule has 0 aliphatic heterocycles. The van der Waals surface area contributed by atoms with Crippen molar-refractivity contribution in [3.05, 3.63) is 60.1 Å². The summed E-state index contributed by atoms with van der Waals surface area (Å²) in [5.41, 5.74) is 4.03. The monoisotopic (exact) mass is 313 g/mol. The number of nitrogens with one attached hydrogen (secondary N) is 2. The number of rotatable bonds is 7. The Bertz CT molecular complexity index is 664. The molecule has 0 spiro atoms. The molecule has 6 heteroatoms. The SMILES string of the molecule is CC(CC(=O)NCCc1ccccc1)=NNC(=O)c1ccco1. The third kappa shape index (κ3) is 5.78. The Kier molecular flexibility index (Phi) is 6.11. The van der Waals surface area contributed by atoms with Gasteiger partial charge >= 0.3 is 5.91 Å². The quantitative estimate of drug-likeness (QED) is 0.607. The van der Waals surface area contributed by atoms with Gasteiger partial charge in [0, 0.05) is 12.3 Å². The topological polar surface area (TPSA) is 83.7 Å². The van der Waals surface area contributed by atoms with Gasteiger partial charge in [0.2, 0.25) is 5.91 Å². The second-order valence-corrected chi connectivity index (χ2v) is 5.03. The maximum absolute atomic E-state index is 11.8. The predicted octanol–water partition coefficient (Wildman–Crippen LogP) is 2.13. The van der Waals surface area contributed by atoms with Crippen molar-refractivity contribution < 1.29 is 14.0 Å². The molecule has 0 saturated heterocycles. The van der Waals surface area contributed by atoms with Crippen LogP contribution in [0.3, 0.4) is 0 Å². The number of amides is 2. The highest BCUT2D eigenvalue weighted by Crippen LogP contribution is 2.00. The third-order valence-corrected chi connectivity index (χ3v) is 3.09. The summed E-state index contributed by atoms with van der Waals surface area (Å²) in [6.07, 6.45) is 2.32. The zero-order valence-corrected chi connectivity index (χ0v) is 12.9. The molecule has 6 nitrogen and oxygen atoms in total. The molecule has 2 aromatic rings. The number of nitrogens with zero attached hydrogens (tertiary/aromatic N) is 1. The number of hydrazone groups is 1. The fourth-order valence-corrected chi connectivity index (χ4v) is 1.93. The molecule has 1 heterocycles. The van der Waals surface area contributed by atoms with Crippen molar-refractivity contribution in [3.63, 3.8) is 0 Å². The second kappa shape index (κ2) is 8.53. The highest BCUT2D eigenvalue weighted by molar-refractivity contribution is 6.00. The van der Waals surface area contributed by atoms with Gasteiger partial charge in [-0.05, 0) is 31.0 Å². The number of hydrogen-bond acceptors (Lipinski definition) is 4. The molecule has 0 radical (unpaired) electrons. The van der Waals surface area contributed by atoms with E-state index in [-0.39, 0.29) is 18.1 Å². The van der Waals surface area contributed by atoms with Crippen molar-refractivity contribution in [2.75, 3.05) is 6.54 Å². The number of benzene rings is 1.